The maximum Gasteiger partial charge on any atom is 0.241 e. The van der Waals surface area contributed by atoms with Gasteiger partial charge in [-0.15, -0.1) is 0 Å². The number of likely N-dealkylation sites (N-methyl/N-ethyl adjacent to an activating group) is 1. The van der Waals surface area contributed by atoms with Gasteiger partial charge >= 0.3 is 0 Å². The third-order valence-electron chi connectivity index (χ3n) is 2.63. The van der Waals surface area contributed by atoms with E-state index in [2.05, 4.69) is 5.32 Å². The third-order valence-corrected chi connectivity index (χ3v) is 3.56. The monoisotopic (exact) mass is 272 g/mol. The van der Waals surface area contributed by atoms with E-state index >= 15 is 0 Å². The lowest BCUT2D eigenvalue weighted by atomic mass is 10.1. The second-order valence-corrected chi connectivity index (χ2v) is 5.72. The molecule has 102 valence electrons. The highest BCUT2D eigenvalue weighted by Crippen LogP contribution is 2.24. The lowest BCUT2D eigenvalue weighted by molar-refractivity contribution is 0.402. The number of nitrogens with two attached hydrogens (primary N) is 1. The van der Waals surface area contributed by atoms with Gasteiger partial charge in [0.15, 0.2) is 0 Å². The predicted molar refractivity (Wildman–Crippen MR) is 71.2 cm³/mol. The van der Waals surface area contributed by atoms with Crippen molar-refractivity contribution in [3.8, 4) is 5.75 Å². The van der Waals surface area contributed by atoms with Crippen LogP contribution in [0.2, 0.25) is 0 Å². The zero-order valence-corrected chi connectivity index (χ0v) is 11.8. The molecule has 6 heteroatoms. The molecule has 0 saturated carbocycles. The Morgan fingerprint density at radius 2 is 2.11 bits per heavy atom. The molecule has 1 aromatic rings. The van der Waals surface area contributed by atoms with Crippen LogP contribution in [0, 0.1) is 0 Å². The van der Waals surface area contributed by atoms with Gasteiger partial charge in [-0.1, -0.05) is 13.0 Å². The normalized spacial score (nSPS) is 13.3. The van der Waals surface area contributed by atoms with E-state index in [9.17, 15) is 8.42 Å². The van der Waals surface area contributed by atoms with Crippen molar-refractivity contribution in [1.29, 1.82) is 0 Å². The summed E-state index contributed by atoms with van der Waals surface area (Å²) in [7, 11) is -2.34. The summed E-state index contributed by atoms with van der Waals surface area (Å²) < 4.78 is 27.9. The second kappa shape index (κ2) is 6.17. The van der Waals surface area contributed by atoms with E-state index in [-0.39, 0.29) is 16.7 Å². The Balaban J connectivity index is 3.04. The van der Waals surface area contributed by atoms with Crippen molar-refractivity contribution in [2.45, 2.75) is 31.2 Å². The number of hydrogen-bond acceptors (Lipinski definition) is 4. The van der Waals surface area contributed by atoms with Crippen LogP contribution in [0.4, 0.5) is 0 Å². The van der Waals surface area contributed by atoms with Crippen LogP contribution < -0.4 is 15.2 Å². The van der Waals surface area contributed by atoms with Crippen LogP contribution in [-0.2, 0) is 16.4 Å². The van der Waals surface area contributed by atoms with Crippen molar-refractivity contribution in [3.05, 3.63) is 23.8 Å². The zero-order valence-electron chi connectivity index (χ0n) is 10.9. The highest BCUT2D eigenvalue weighted by Gasteiger charge is 2.16. The molecular formula is C12H20N2O3S. The molecule has 0 aromatic heterocycles. The minimum atomic E-state index is -3.76. The van der Waals surface area contributed by atoms with E-state index < -0.39 is 10.0 Å². The Hall–Kier alpha value is -1.11. The van der Waals surface area contributed by atoms with Crippen molar-refractivity contribution in [1.82, 2.24) is 5.32 Å². The molecule has 0 aliphatic carbocycles. The lowest BCUT2D eigenvalue weighted by Crippen LogP contribution is -2.27. The average Bonchev–Trinajstić information content (AvgIpc) is 2.28. The molecule has 0 amide bonds. The molecule has 0 radical (unpaired) electrons. The molecule has 1 rings (SSSR count). The molecule has 3 N–H and O–H groups in total. The van der Waals surface area contributed by atoms with E-state index in [1.54, 1.807) is 12.1 Å². The van der Waals surface area contributed by atoms with Gasteiger partial charge in [-0.3, -0.25) is 0 Å². The first-order valence-electron chi connectivity index (χ1n) is 5.81. The molecule has 0 heterocycles. The smallest absolute Gasteiger partial charge is 0.241 e. The maximum absolute atomic E-state index is 11.5. The van der Waals surface area contributed by atoms with Gasteiger partial charge in [0, 0.05) is 6.04 Å². The molecule has 0 saturated heterocycles. The fourth-order valence-corrected chi connectivity index (χ4v) is 2.59. The first-order chi connectivity index (χ1) is 8.38. The number of primary sulfonamides is 1. The highest BCUT2D eigenvalue weighted by atomic mass is 32.2. The third kappa shape index (κ3) is 3.97. The Morgan fingerprint density at radius 1 is 1.44 bits per heavy atom. The van der Waals surface area contributed by atoms with Crippen molar-refractivity contribution in [2.24, 2.45) is 5.14 Å². The lowest BCUT2D eigenvalue weighted by Gasteiger charge is -2.14. The van der Waals surface area contributed by atoms with Crippen LogP contribution in [0.15, 0.2) is 23.1 Å². The van der Waals surface area contributed by atoms with Crippen LogP contribution in [0.5, 0.6) is 5.75 Å². The van der Waals surface area contributed by atoms with Crippen molar-refractivity contribution in [2.75, 3.05) is 13.7 Å². The van der Waals surface area contributed by atoms with Gasteiger partial charge in [-0.2, -0.15) is 0 Å². The number of sulfonamides is 1. The van der Waals surface area contributed by atoms with Crippen molar-refractivity contribution in [3.63, 3.8) is 0 Å². The van der Waals surface area contributed by atoms with Crippen LogP contribution in [0.25, 0.3) is 0 Å². The number of rotatable bonds is 6. The zero-order chi connectivity index (χ0) is 13.8. The Kier molecular flexibility index (Phi) is 5.13. The topological polar surface area (TPSA) is 81.4 Å². The van der Waals surface area contributed by atoms with Gasteiger partial charge in [0.05, 0.1) is 7.11 Å². The van der Waals surface area contributed by atoms with Gasteiger partial charge in [-0.25, -0.2) is 13.6 Å². The fourth-order valence-electron chi connectivity index (χ4n) is 1.84. The Bertz CT molecular complexity index is 500. The number of nitrogens with one attached hydrogen (secondary N) is 1. The van der Waals surface area contributed by atoms with Gasteiger partial charge < -0.3 is 10.1 Å². The summed E-state index contributed by atoms with van der Waals surface area (Å²) in [5.74, 6) is 0.275. The maximum atomic E-state index is 11.5. The quantitative estimate of drug-likeness (QED) is 0.805. The number of hydrogen-bond donors (Lipinski definition) is 2. The summed E-state index contributed by atoms with van der Waals surface area (Å²) in [5, 5.41) is 8.44. The number of benzene rings is 1. The van der Waals surface area contributed by atoms with Crippen molar-refractivity contribution < 1.29 is 13.2 Å². The standard InChI is InChI=1S/C12H20N2O3S/c1-4-14-9(2)7-10-5-6-11(17-3)12(8-10)18(13,15)16/h5-6,8-9,14H,4,7H2,1-3H3,(H2,13,15,16)/t9-/m1/s1. The molecular weight excluding hydrogens is 252 g/mol. The fraction of sp³-hybridized carbons (Fsp3) is 0.500. The van der Waals surface area contributed by atoms with Crippen LogP contribution in [-0.4, -0.2) is 28.1 Å². The largest absolute Gasteiger partial charge is 0.495 e. The van der Waals surface area contributed by atoms with Gasteiger partial charge in [0.1, 0.15) is 10.6 Å². The molecule has 0 aliphatic rings. The van der Waals surface area contributed by atoms with Gasteiger partial charge in [-0.05, 0) is 37.6 Å². The van der Waals surface area contributed by atoms with E-state index in [4.69, 9.17) is 9.88 Å². The number of methoxy groups -OCH3 is 1. The van der Waals surface area contributed by atoms with E-state index in [0.29, 0.717) is 0 Å². The summed E-state index contributed by atoms with van der Waals surface area (Å²) in [5.41, 5.74) is 0.910. The van der Waals surface area contributed by atoms with Crippen LogP contribution in [0.3, 0.4) is 0 Å². The second-order valence-electron chi connectivity index (χ2n) is 4.19. The first-order valence-corrected chi connectivity index (χ1v) is 7.36. The Labute approximate surface area is 108 Å². The van der Waals surface area contributed by atoms with Crippen molar-refractivity contribution >= 4 is 10.0 Å². The molecule has 1 aromatic carbocycles. The molecule has 0 unspecified atom stereocenters. The van der Waals surface area contributed by atoms with Crippen LogP contribution >= 0.6 is 0 Å². The highest BCUT2D eigenvalue weighted by molar-refractivity contribution is 7.89. The molecule has 1 atom stereocenters. The summed E-state index contributed by atoms with van der Waals surface area (Å²) in [6.45, 7) is 4.95. The molecule has 5 nitrogen and oxygen atoms in total. The molecule has 0 fully saturated rings. The summed E-state index contributed by atoms with van der Waals surface area (Å²) >= 11 is 0. The van der Waals surface area contributed by atoms with Crippen LogP contribution in [0.1, 0.15) is 19.4 Å². The molecule has 0 bridgehead atoms. The summed E-state index contributed by atoms with van der Waals surface area (Å²) in [4.78, 5) is 0.0335. The van der Waals surface area contributed by atoms with Gasteiger partial charge in [0.2, 0.25) is 10.0 Å². The molecule has 18 heavy (non-hydrogen) atoms. The SMILES string of the molecule is CCN[C@H](C)Cc1ccc(OC)c(S(N)(=O)=O)c1. The first kappa shape index (κ1) is 14.9. The number of ether oxygens (including phenoxy) is 1. The minimum Gasteiger partial charge on any atom is -0.495 e. The van der Waals surface area contributed by atoms with E-state index in [1.807, 2.05) is 19.9 Å². The van der Waals surface area contributed by atoms with E-state index in [0.717, 1.165) is 18.5 Å². The summed E-state index contributed by atoms with van der Waals surface area (Å²) in [6, 6.07) is 5.33. The van der Waals surface area contributed by atoms with Gasteiger partial charge in [0.25, 0.3) is 0 Å². The average molecular weight is 272 g/mol. The molecule has 0 aliphatic heterocycles. The predicted octanol–water partition coefficient (Wildman–Crippen LogP) is 0.883. The summed E-state index contributed by atoms with van der Waals surface area (Å²) in [6.07, 6.45) is 0.736. The molecule has 0 spiro atoms. The van der Waals surface area contributed by atoms with E-state index in [1.165, 1.54) is 7.11 Å². The Morgan fingerprint density at radius 3 is 2.61 bits per heavy atom. The minimum absolute atomic E-state index is 0.0335.